The summed E-state index contributed by atoms with van der Waals surface area (Å²) in [7, 11) is 0. The SMILES string of the molecule is CCN(CC)CCCNc1nc(-c2ccccc2)nc2ccccc12.Cl.Cl. The van der Waals surface area contributed by atoms with Gasteiger partial charge in [0, 0.05) is 17.5 Å². The molecule has 4 nitrogen and oxygen atoms in total. The van der Waals surface area contributed by atoms with E-state index in [1.165, 1.54) is 0 Å². The summed E-state index contributed by atoms with van der Waals surface area (Å²) in [6, 6.07) is 18.3. The molecule has 0 aliphatic rings. The molecule has 0 spiro atoms. The monoisotopic (exact) mass is 406 g/mol. The highest BCUT2D eigenvalue weighted by atomic mass is 35.5. The van der Waals surface area contributed by atoms with Crippen LogP contribution in [0.4, 0.5) is 5.82 Å². The largest absolute Gasteiger partial charge is 0.369 e. The maximum Gasteiger partial charge on any atom is 0.162 e. The number of rotatable bonds is 8. The first-order valence-corrected chi connectivity index (χ1v) is 9.10. The van der Waals surface area contributed by atoms with Crippen LogP contribution in [0.5, 0.6) is 0 Å². The second-order valence-electron chi connectivity index (χ2n) is 6.09. The molecule has 0 bridgehead atoms. The highest BCUT2D eigenvalue weighted by molar-refractivity contribution is 5.90. The van der Waals surface area contributed by atoms with Gasteiger partial charge in [-0.15, -0.1) is 24.8 Å². The third-order valence-electron chi connectivity index (χ3n) is 4.47. The molecule has 0 fully saturated rings. The van der Waals surface area contributed by atoms with Crippen molar-refractivity contribution in [1.29, 1.82) is 0 Å². The predicted molar refractivity (Wildman–Crippen MR) is 120 cm³/mol. The van der Waals surface area contributed by atoms with Crippen LogP contribution < -0.4 is 5.32 Å². The van der Waals surface area contributed by atoms with Gasteiger partial charge in [-0.25, -0.2) is 9.97 Å². The molecule has 2 aromatic carbocycles. The average molecular weight is 407 g/mol. The standard InChI is InChI=1S/C21H26N4.2ClH/c1-3-25(4-2)16-10-15-22-21-18-13-8-9-14-19(18)23-20(24-21)17-11-6-5-7-12-17;;/h5-9,11-14H,3-4,10,15-16H2,1-2H3,(H,22,23,24);2*1H. The zero-order chi connectivity index (χ0) is 17.5. The minimum Gasteiger partial charge on any atom is -0.369 e. The lowest BCUT2D eigenvalue weighted by Gasteiger charge is -2.18. The number of halogens is 2. The van der Waals surface area contributed by atoms with Crippen LogP contribution in [0.2, 0.25) is 0 Å². The lowest BCUT2D eigenvalue weighted by molar-refractivity contribution is 0.303. The molecular formula is C21H28Cl2N4. The van der Waals surface area contributed by atoms with Gasteiger partial charge in [-0.1, -0.05) is 56.3 Å². The molecule has 1 N–H and O–H groups in total. The Bertz CT molecular complexity index is 808. The fourth-order valence-corrected chi connectivity index (χ4v) is 2.98. The molecule has 0 aliphatic carbocycles. The van der Waals surface area contributed by atoms with Crippen molar-refractivity contribution in [1.82, 2.24) is 14.9 Å². The van der Waals surface area contributed by atoms with Crippen LogP contribution in [0.3, 0.4) is 0 Å². The Morgan fingerprint density at radius 1 is 0.852 bits per heavy atom. The van der Waals surface area contributed by atoms with E-state index in [1.807, 2.05) is 48.5 Å². The zero-order valence-electron chi connectivity index (χ0n) is 15.9. The summed E-state index contributed by atoms with van der Waals surface area (Å²) in [5.74, 6) is 1.69. The lowest BCUT2D eigenvalue weighted by atomic mass is 10.2. The molecule has 0 atom stereocenters. The van der Waals surface area contributed by atoms with Gasteiger partial charge in [-0.2, -0.15) is 0 Å². The van der Waals surface area contributed by atoms with Crippen LogP contribution in [0, 0.1) is 0 Å². The topological polar surface area (TPSA) is 41.0 Å². The number of anilines is 1. The third-order valence-corrected chi connectivity index (χ3v) is 4.47. The van der Waals surface area contributed by atoms with Crippen molar-refractivity contribution in [3.8, 4) is 11.4 Å². The van der Waals surface area contributed by atoms with E-state index in [0.717, 1.165) is 60.7 Å². The molecular weight excluding hydrogens is 379 g/mol. The quantitative estimate of drug-likeness (QED) is 0.516. The van der Waals surface area contributed by atoms with E-state index in [-0.39, 0.29) is 24.8 Å². The molecule has 0 radical (unpaired) electrons. The zero-order valence-corrected chi connectivity index (χ0v) is 17.5. The first-order valence-electron chi connectivity index (χ1n) is 9.10. The van der Waals surface area contributed by atoms with Crippen molar-refractivity contribution >= 4 is 41.5 Å². The van der Waals surface area contributed by atoms with Gasteiger partial charge in [0.1, 0.15) is 5.82 Å². The van der Waals surface area contributed by atoms with Crippen LogP contribution in [0.15, 0.2) is 54.6 Å². The average Bonchev–Trinajstić information content (AvgIpc) is 2.68. The third kappa shape index (κ3) is 6.06. The van der Waals surface area contributed by atoms with Gasteiger partial charge in [0.05, 0.1) is 5.52 Å². The highest BCUT2D eigenvalue weighted by Crippen LogP contribution is 2.24. The molecule has 0 saturated carbocycles. The van der Waals surface area contributed by atoms with E-state index >= 15 is 0 Å². The molecule has 27 heavy (non-hydrogen) atoms. The van der Waals surface area contributed by atoms with Crippen molar-refractivity contribution < 1.29 is 0 Å². The molecule has 0 saturated heterocycles. The molecule has 146 valence electrons. The minimum atomic E-state index is 0. The van der Waals surface area contributed by atoms with Crippen molar-refractivity contribution in [2.75, 3.05) is 31.5 Å². The maximum atomic E-state index is 4.79. The summed E-state index contributed by atoms with van der Waals surface area (Å²) in [4.78, 5) is 12.0. The van der Waals surface area contributed by atoms with Gasteiger partial charge in [-0.05, 0) is 38.2 Å². The molecule has 3 aromatic rings. The minimum absolute atomic E-state index is 0. The summed E-state index contributed by atoms with van der Waals surface area (Å²) in [6.45, 7) is 8.64. The Balaban J connectivity index is 0.00000182. The second kappa shape index (κ2) is 11.8. The molecule has 0 unspecified atom stereocenters. The number of hydrogen-bond acceptors (Lipinski definition) is 4. The van der Waals surface area contributed by atoms with E-state index < -0.39 is 0 Å². The number of hydrogen-bond donors (Lipinski definition) is 1. The van der Waals surface area contributed by atoms with Crippen LogP contribution in [-0.4, -0.2) is 41.0 Å². The normalized spacial score (nSPS) is 10.3. The summed E-state index contributed by atoms with van der Waals surface area (Å²) < 4.78 is 0. The van der Waals surface area contributed by atoms with Gasteiger partial charge in [0.15, 0.2) is 5.82 Å². The Kier molecular flexibility index (Phi) is 10.1. The van der Waals surface area contributed by atoms with Gasteiger partial charge in [0.2, 0.25) is 0 Å². The fraction of sp³-hybridized carbons (Fsp3) is 0.333. The molecule has 1 heterocycles. The van der Waals surface area contributed by atoms with Crippen LogP contribution in [0.25, 0.3) is 22.3 Å². The maximum absolute atomic E-state index is 4.79. The Morgan fingerprint density at radius 3 is 2.22 bits per heavy atom. The number of nitrogens with one attached hydrogen (secondary N) is 1. The first-order chi connectivity index (χ1) is 12.3. The molecule has 0 amide bonds. The number of fused-ring (bicyclic) bond motifs is 1. The number of benzene rings is 2. The molecule has 0 aliphatic heterocycles. The van der Waals surface area contributed by atoms with E-state index in [9.17, 15) is 0 Å². The summed E-state index contributed by atoms with van der Waals surface area (Å²) >= 11 is 0. The van der Waals surface area contributed by atoms with Crippen molar-refractivity contribution in [3.05, 3.63) is 54.6 Å². The lowest BCUT2D eigenvalue weighted by Crippen LogP contribution is -2.25. The summed E-state index contributed by atoms with van der Waals surface area (Å²) in [5.41, 5.74) is 2.02. The Labute approximate surface area is 174 Å². The van der Waals surface area contributed by atoms with E-state index in [2.05, 4.69) is 30.1 Å². The summed E-state index contributed by atoms with van der Waals surface area (Å²) in [5, 5.41) is 4.60. The van der Waals surface area contributed by atoms with Gasteiger partial charge in [0.25, 0.3) is 0 Å². The number of para-hydroxylation sites is 1. The van der Waals surface area contributed by atoms with E-state index in [1.54, 1.807) is 0 Å². The van der Waals surface area contributed by atoms with Crippen molar-refractivity contribution in [2.45, 2.75) is 20.3 Å². The second-order valence-corrected chi connectivity index (χ2v) is 6.09. The highest BCUT2D eigenvalue weighted by Gasteiger charge is 2.09. The Morgan fingerprint density at radius 2 is 1.52 bits per heavy atom. The smallest absolute Gasteiger partial charge is 0.162 e. The summed E-state index contributed by atoms with van der Waals surface area (Å²) in [6.07, 6.45) is 1.10. The van der Waals surface area contributed by atoms with Gasteiger partial charge >= 0.3 is 0 Å². The molecule has 6 heteroatoms. The number of aromatic nitrogens is 2. The van der Waals surface area contributed by atoms with Gasteiger partial charge in [-0.3, -0.25) is 0 Å². The fourth-order valence-electron chi connectivity index (χ4n) is 2.98. The number of nitrogens with zero attached hydrogens (tertiary/aromatic N) is 3. The van der Waals surface area contributed by atoms with Crippen molar-refractivity contribution in [2.24, 2.45) is 0 Å². The van der Waals surface area contributed by atoms with E-state index in [4.69, 9.17) is 9.97 Å². The van der Waals surface area contributed by atoms with Crippen LogP contribution >= 0.6 is 24.8 Å². The molecule has 1 aromatic heterocycles. The van der Waals surface area contributed by atoms with Gasteiger partial charge < -0.3 is 10.2 Å². The van der Waals surface area contributed by atoms with Crippen LogP contribution in [0.1, 0.15) is 20.3 Å². The van der Waals surface area contributed by atoms with Crippen LogP contribution in [-0.2, 0) is 0 Å². The molecule has 3 rings (SSSR count). The van der Waals surface area contributed by atoms with E-state index in [0.29, 0.717) is 0 Å². The van der Waals surface area contributed by atoms with Crippen molar-refractivity contribution in [3.63, 3.8) is 0 Å². The predicted octanol–water partition coefficient (Wildman–Crippen LogP) is 5.28. The first kappa shape index (κ1) is 23.2. The Hall–Kier alpha value is -1.88.